The number of aromatic amines is 1. The molecule has 1 rings (SSSR count). The Kier molecular flexibility index (Phi) is 4.77. The van der Waals surface area contributed by atoms with Gasteiger partial charge in [0.15, 0.2) is 5.43 Å². The van der Waals surface area contributed by atoms with Crippen LogP contribution in [0.25, 0.3) is 0 Å². The minimum Gasteiger partial charge on any atom is -0.367 e. The zero-order valence-electron chi connectivity index (χ0n) is 9.13. The molecule has 4 nitrogen and oxygen atoms in total. The number of nitrogens with one attached hydrogen (secondary N) is 1. The molecule has 0 radical (unpaired) electrons. The molecule has 18 heavy (non-hydrogen) atoms. The van der Waals surface area contributed by atoms with Crippen LogP contribution in [0, 0.1) is 0 Å². The van der Waals surface area contributed by atoms with Gasteiger partial charge in [-0.05, 0) is 0 Å². The summed E-state index contributed by atoms with van der Waals surface area (Å²) >= 11 is 5.35. The van der Waals surface area contributed by atoms with Gasteiger partial charge in [-0.2, -0.15) is 13.2 Å². The van der Waals surface area contributed by atoms with Gasteiger partial charge >= 0.3 is 6.18 Å². The summed E-state index contributed by atoms with van der Waals surface area (Å²) in [4.78, 5) is 26.1. The number of alkyl halides is 4. The number of H-pyrrole nitrogens is 1. The lowest BCUT2D eigenvalue weighted by Crippen LogP contribution is -2.41. The van der Waals surface area contributed by atoms with Crippen LogP contribution in [0.3, 0.4) is 0 Å². The fourth-order valence-corrected chi connectivity index (χ4v) is 1.53. The Morgan fingerprint density at radius 1 is 1.44 bits per heavy atom. The van der Waals surface area contributed by atoms with Gasteiger partial charge in [0.1, 0.15) is 12.1 Å². The van der Waals surface area contributed by atoms with Crippen LogP contribution in [-0.2, 0) is 0 Å². The minimum absolute atomic E-state index is 0.146. The van der Waals surface area contributed by atoms with E-state index in [1.807, 2.05) is 0 Å². The largest absolute Gasteiger partial charge is 0.406 e. The van der Waals surface area contributed by atoms with Crippen LogP contribution in [0.5, 0.6) is 0 Å². The van der Waals surface area contributed by atoms with Crippen molar-refractivity contribution in [1.29, 1.82) is 0 Å². The molecule has 1 aromatic heterocycles. The molecule has 0 unspecified atom stereocenters. The molecule has 0 aromatic carbocycles. The Bertz CT molecular complexity index is 473. The normalized spacial score (nSPS) is 11.3. The zero-order chi connectivity index (χ0) is 13.8. The fraction of sp³-hybridized carbons (Fsp3) is 0.400. The topological polar surface area (TPSA) is 53.2 Å². The number of halogens is 4. The highest BCUT2D eigenvalue weighted by molar-refractivity contribution is 6.18. The van der Waals surface area contributed by atoms with Crippen LogP contribution in [0.15, 0.2) is 23.3 Å². The fourth-order valence-electron chi connectivity index (χ4n) is 1.32. The number of carbonyl (C=O) groups excluding carboxylic acids is 1. The van der Waals surface area contributed by atoms with Gasteiger partial charge in [-0.1, -0.05) is 0 Å². The van der Waals surface area contributed by atoms with Crippen molar-refractivity contribution in [2.75, 3.05) is 19.0 Å². The first kappa shape index (κ1) is 14.6. The predicted octanol–water partition coefficient (Wildman–Crippen LogP) is 1.62. The maximum Gasteiger partial charge on any atom is 0.406 e. The molecule has 0 fully saturated rings. The van der Waals surface area contributed by atoms with Crippen molar-refractivity contribution in [1.82, 2.24) is 9.88 Å². The van der Waals surface area contributed by atoms with Crippen LogP contribution >= 0.6 is 11.6 Å². The van der Waals surface area contributed by atoms with Crippen molar-refractivity contribution in [3.8, 4) is 0 Å². The third kappa shape index (κ3) is 4.06. The molecule has 1 N–H and O–H groups in total. The number of pyridine rings is 1. The van der Waals surface area contributed by atoms with Crippen LogP contribution in [-0.4, -0.2) is 40.9 Å². The van der Waals surface area contributed by atoms with Gasteiger partial charge in [0.25, 0.3) is 5.91 Å². The summed E-state index contributed by atoms with van der Waals surface area (Å²) < 4.78 is 36.8. The van der Waals surface area contributed by atoms with Crippen molar-refractivity contribution in [3.63, 3.8) is 0 Å². The first-order chi connectivity index (χ1) is 8.35. The highest BCUT2D eigenvalue weighted by Crippen LogP contribution is 2.17. The van der Waals surface area contributed by atoms with E-state index in [-0.39, 0.29) is 18.0 Å². The number of aromatic nitrogens is 1. The number of hydrogen-bond acceptors (Lipinski definition) is 2. The summed E-state index contributed by atoms with van der Waals surface area (Å²) in [7, 11) is 0. The molecule has 0 aliphatic heterocycles. The molecular formula is C10H10ClF3N2O2. The van der Waals surface area contributed by atoms with E-state index in [9.17, 15) is 22.8 Å². The van der Waals surface area contributed by atoms with E-state index < -0.39 is 24.1 Å². The van der Waals surface area contributed by atoms with E-state index in [0.29, 0.717) is 4.90 Å². The molecule has 100 valence electrons. The summed E-state index contributed by atoms with van der Waals surface area (Å²) in [6.07, 6.45) is -2.18. The number of hydrogen-bond donors (Lipinski definition) is 1. The zero-order valence-corrected chi connectivity index (χ0v) is 9.88. The van der Waals surface area contributed by atoms with E-state index in [0.717, 1.165) is 12.3 Å². The summed E-state index contributed by atoms with van der Waals surface area (Å²) in [5.41, 5.74) is -0.979. The van der Waals surface area contributed by atoms with E-state index in [1.54, 1.807) is 0 Å². The Balaban J connectivity index is 2.97. The van der Waals surface area contributed by atoms with Crippen LogP contribution < -0.4 is 5.43 Å². The monoisotopic (exact) mass is 282 g/mol. The average Bonchev–Trinajstić information content (AvgIpc) is 2.26. The summed E-state index contributed by atoms with van der Waals surface area (Å²) in [6, 6.07) is 1.07. The number of amides is 1. The standard InChI is InChI=1S/C10H10ClF3N2O2/c11-2-4-16(6-10(12,13)14)9(18)7-5-15-3-1-8(7)17/h1,3,5H,2,4,6H2,(H,15,17). The molecule has 8 heteroatoms. The highest BCUT2D eigenvalue weighted by Gasteiger charge is 2.33. The van der Waals surface area contributed by atoms with Crippen LogP contribution in [0.4, 0.5) is 13.2 Å². The van der Waals surface area contributed by atoms with E-state index in [4.69, 9.17) is 11.6 Å². The number of nitrogens with zero attached hydrogens (tertiary/aromatic N) is 1. The van der Waals surface area contributed by atoms with Crippen LogP contribution in [0.2, 0.25) is 0 Å². The molecule has 1 aromatic rings. The van der Waals surface area contributed by atoms with Gasteiger partial charge in [0, 0.05) is 30.9 Å². The van der Waals surface area contributed by atoms with Crippen molar-refractivity contribution in [3.05, 3.63) is 34.2 Å². The third-order valence-corrected chi connectivity index (χ3v) is 2.24. The molecule has 0 saturated carbocycles. The Morgan fingerprint density at radius 3 is 2.61 bits per heavy atom. The van der Waals surface area contributed by atoms with Gasteiger partial charge in [-0.25, -0.2) is 0 Å². The second-order valence-corrected chi connectivity index (χ2v) is 3.83. The Labute approximate surface area is 105 Å². The van der Waals surface area contributed by atoms with E-state index in [2.05, 4.69) is 4.98 Å². The summed E-state index contributed by atoms with van der Waals surface area (Å²) in [5.74, 6) is -1.14. The lowest BCUT2D eigenvalue weighted by Gasteiger charge is -2.22. The lowest BCUT2D eigenvalue weighted by molar-refractivity contribution is -0.140. The van der Waals surface area contributed by atoms with Gasteiger partial charge in [-0.15, -0.1) is 11.6 Å². The molecule has 0 atom stereocenters. The van der Waals surface area contributed by atoms with Gasteiger partial charge in [0.2, 0.25) is 0 Å². The molecule has 0 spiro atoms. The smallest absolute Gasteiger partial charge is 0.367 e. The maximum atomic E-state index is 12.3. The van der Waals surface area contributed by atoms with E-state index >= 15 is 0 Å². The van der Waals surface area contributed by atoms with E-state index in [1.165, 1.54) is 6.20 Å². The third-order valence-electron chi connectivity index (χ3n) is 2.07. The van der Waals surface area contributed by atoms with Gasteiger partial charge in [-0.3, -0.25) is 9.59 Å². The highest BCUT2D eigenvalue weighted by atomic mass is 35.5. The number of carbonyl (C=O) groups is 1. The van der Waals surface area contributed by atoms with Crippen molar-refractivity contribution in [2.45, 2.75) is 6.18 Å². The van der Waals surface area contributed by atoms with Gasteiger partial charge < -0.3 is 9.88 Å². The molecule has 1 amide bonds. The van der Waals surface area contributed by atoms with Crippen molar-refractivity contribution >= 4 is 17.5 Å². The molecule has 0 aliphatic carbocycles. The van der Waals surface area contributed by atoms with Gasteiger partial charge in [0.05, 0.1) is 0 Å². The number of rotatable bonds is 4. The molecule has 0 saturated heterocycles. The SMILES string of the molecule is O=C(c1c[nH]ccc1=O)N(CCCl)CC(F)(F)F. The first-order valence-electron chi connectivity index (χ1n) is 4.94. The van der Waals surface area contributed by atoms with Crippen molar-refractivity contribution < 1.29 is 18.0 Å². The Hall–Kier alpha value is -1.50. The maximum absolute atomic E-state index is 12.3. The first-order valence-corrected chi connectivity index (χ1v) is 5.47. The predicted molar refractivity (Wildman–Crippen MR) is 59.7 cm³/mol. The molecule has 0 bridgehead atoms. The second kappa shape index (κ2) is 5.90. The Morgan fingerprint density at radius 2 is 2.11 bits per heavy atom. The molecule has 1 heterocycles. The molecule has 0 aliphatic rings. The minimum atomic E-state index is -4.54. The summed E-state index contributed by atoms with van der Waals surface area (Å²) in [5, 5.41) is 0. The average molecular weight is 283 g/mol. The molecular weight excluding hydrogens is 273 g/mol. The quantitative estimate of drug-likeness (QED) is 0.853. The summed E-state index contributed by atoms with van der Waals surface area (Å²) in [6.45, 7) is -1.72. The lowest BCUT2D eigenvalue weighted by atomic mass is 10.2. The van der Waals surface area contributed by atoms with Crippen molar-refractivity contribution in [2.24, 2.45) is 0 Å². The van der Waals surface area contributed by atoms with Crippen LogP contribution in [0.1, 0.15) is 10.4 Å². The second-order valence-electron chi connectivity index (χ2n) is 3.45.